The molecule has 1 aliphatic rings. The molecule has 0 spiro atoms. The Labute approximate surface area is 175 Å². The maximum atomic E-state index is 12.7. The van der Waals surface area contributed by atoms with Crippen LogP contribution in [0.15, 0.2) is 42.9 Å². The summed E-state index contributed by atoms with van der Waals surface area (Å²) < 4.78 is 0. The molecule has 8 heteroatoms. The van der Waals surface area contributed by atoms with Crippen LogP contribution >= 0.6 is 11.6 Å². The van der Waals surface area contributed by atoms with Crippen LogP contribution in [0.25, 0.3) is 11.0 Å². The van der Waals surface area contributed by atoms with Gasteiger partial charge in [0.2, 0.25) is 5.91 Å². The molecule has 0 unspecified atom stereocenters. The molecule has 0 atom stereocenters. The fraction of sp³-hybridized carbons (Fsp3) is 0.381. The van der Waals surface area contributed by atoms with Crippen LogP contribution < -0.4 is 16.0 Å². The number of aromatic amines is 1. The smallest absolute Gasteiger partial charge is 0.240 e. The summed E-state index contributed by atoms with van der Waals surface area (Å²) in [5, 5.41) is 4.61. The number of aromatic nitrogens is 3. The quantitative estimate of drug-likeness (QED) is 0.608. The molecule has 1 amide bonds. The van der Waals surface area contributed by atoms with Gasteiger partial charge in [-0.05, 0) is 36.6 Å². The molecule has 1 fully saturated rings. The van der Waals surface area contributed by atoms with Crippen LogP contribution in [-0.2, 0) is 11.3 Å². The van der Waals surface area contributed by atoms with Gasteiger partial charge in [-0.1, -0.05) is 37.6 Å². The van der Waals surface area contributed by atoms with E-state index in [0.29, 0.717) is 37.5 Å². The molecule has 0 bridgehead atoms. The molecule has 3 aromatic rings. The first-order valence-electron chi connectivity index (χ1n) is 9.90. The minimum absolute atomic E-state index is 0.119. The average molecular weight is 415 g/mol. The molecule has 0 radical (unpaired) electrons. The Morgan fingerprint density at radius 2 is 1.90 bits per heavy atom. The largest absolute Gasteiger partial charge is 0.356 e. The van der Waals surface area contributed by atoms with Gasteiger partial charge < -0.3 is 20.9 Å². The van der Waals surface area contributed by atoms with Crippen molar-refractivity contribution in [2.24, 2.45) is 5.73 Å². The maximum absolute atomic E-state index is 12.7. The Balaban J connectivity index is 0.00000117. The highest BCUT2D eigenvalue weighted by atomic mass is 35.5. The Kier molecular flexibility index (Phi) is 6.71. The van der Waals surface area contributed by atoms with Crippen molar-refractivity contribution >= 4 is 34.4 Å². The Morgan fingerprint density at radius 3 is 2.59 bits per heavy atom. The second kappa shape index (κ2) is 9.24. The average Bonchev–Trinajstić information content (AvgIpc) is 3.24. The van der Waals surface area contributed by atoms with Gasteiger partial charge in [0.25, 0.3) is 0 Å². The summed E-state index contributed by atoms with van der Waals surface area (Å²) in [6, 6.07) is 9.37. The van der Waals surface area contributed by atoms with E-state index in [1.807, 2.05) is 50.4 Å². The fourth-order valence-corrected chi connectivity index (χ4v) is 3.54. The van der Waals surface area contributed by atoms with E-state index in [1.54, 1.807) is 6.33 Å². The Bertz CT molecular complexity index is 947. The summed E-state index contributed by atoms with van der Waals surface area (Å²) in [5.41, 5.74) is 7.36. The van der Waals surface area contributed by atoms with E-state index >= 15 is 0 Å². The highest BCUT2D eigenvalue weighted by Crippen LogP contribution is 2.28. The van der Waals surface area contributed by atoms with Crippen LogP contribution in [0.3, 0.4) is 0 Å². The third-order valence-corrected chi connectivity index (χ3v) is 5.36. The molecule has 3 heterocycles. The first kappa shape index (κ1) is 21.1. The number of hydrogen-bond donors (Lipinski definition) is 3. The Morgan fingerprint density at radius 1 is 1.21 bits per heavy atom. The number of benzene rings is 1. The number of halogens is 1. The van der Waals surface area contributed by atoms with Gasteiger partial charge in [-0.2, -0.15) is 0 Å². The monoisotopic (exact) mass is 414 g/mol. The van der Waals surface area contributed by atoms with Gasteiger partial charge in [0.05, 0.1) is 10.9 Å². The molecular weight excluding hydrogens is 388 g/mol. The fourth-order valence-electron chi connectivity index (χ4n) is 3.42. The van der Waals surface area contributed by atoms with E-state index in [0.717, 1.165) is 22.4 Å². The summed E-state index contributed by atoms with van der Waals surface area (Å²) in [6.07, 6.45) is 4.53. The van der Waals surface area contributed by atoms with Crippen molar-refractivity contribution in [3.05, 3.63) is 53.4 Å². The summed E-state index contributed by atoms with van der Waals surface area (Å²) in [7, 11) is 0. The number of carbonyl (C=O) groups is 1. The molecular formula is C21H27ClN6O. The zero-order valence-corrected chi connectivity index (χ0v) is 17.5. The molecule has 0 aliphatic carbocycles. The van der Waals surface area contributed by atoms with Crippen LogP contribution in [0.2, 0.25) is 5.02 Å². The summed E-state index contributed by atoms with van der Waals surface area (Å²) in [5.74, 6) is 0.761. The van der Waals surface area contributed by atoms with Crippen molar-refractivity contribution in [2.75, 3.05) is 18.0 Å². The minimum atomic E-state index is -0.868. The molecule has 7 nitrogen and oxygen atoms in total. The van der Waals surface area contributed by atoms with Gasteiger partial charge in [0, 0.05) is 30.9 Å². The van der Waals surface area contributed by atoms with E-state index in [1.165, 1.54) is 0 Å². The molecule has 1 saturated heterocycles. The number of amides is 1. The lowest BCUT2D eigenvalue weighted by Crippen LogP contribution is -2.59. The highest BCUT2D eigenvalue weighted by Gasteiger charge is 2.38. The van der Waals surface area contributed by atoms with Gasteiger partial charge in [-0.3, -0.25) is 4.79 Å². The van der Waals surface area contributed by atoms with Crippen LogP contribution in [0.1, 0.15) is 32.3 Å². The van der Waals surface area contributed by atoms with E-state index in [2.05, 4.69) is 25.2 Å². The molecule has 2 aromatic heterocycles. The second-order valence-corrected chi connectivity index (χ2v) is 7.33. The zero-order chi connectivity index (χ0) is 20.9. The van der Waals surface area contributed by atoms with Gasteiger partial charge in [0.15, 0.2) is 0 Å². The third-order valence-electron chi connectivity index (χ3n) is 5.11. The number of H-pyrrole nitrogens is 1. The summed E-state index contributed by atoms with van der Waals surface area (Å²) >= 11 is 5.89. The molecule has 0 saturated carbocycles. The normalized spacial score (nSPS) is 15.5. The van der Waals surface area contributed by atoms with Crippen LogP contribution in [0.4, 0.5) is 5.82 Å². The minimum Gasteiger partial charge on any atom is -0.356 e. The molecule has 4 N–H and O–H groups in total. The zero-order valence-electron chi connectivity index (χ0n) is 16.8. The number of anilines is 1. The van der Waals surface area contributed by atoms with Crippen LogP contribution in [0.5, 0.6) is 0 Å². The second-order valence-electron chi connectivity index (χ2n) is 6.89. The topological polar surface area (TPSA) is 99.9 Å². The van der Waals surface area contributed by atoms with Crippen molar-refractivity contribution in [1.29, 1.82) is 0 Å². The molecule has 154 valence electrons. The van der Waals surface area contributed by atoms with Crippen LogP contribution in [-0.4, -0.2) is 39.5 Å². The number of piperidine rings is 1. The lowest BCUT2D eigenvalue weighted by Gasteiger charge is -2.38. The molecule has 4 rings (SSSR count). The lowest BCUT2D eigenvalue weighted by molar-refractivity contribution is -0.127. The SMILES string of the molecule is CC.NC1(C(=O)NCc2ccc(Cl)cc2)CCN(c2ncnc3[nH]ccc23)CC1. The van der Waals surface area contributed by atoms with Crippen LogP contribution in [0, 0.1) is 0 Å². The van der Waals surface area contributed by atoms with E-state index < -0.39 is 5.54 Å². The van der Waals surface area contributed by atoms with Crippen molar-refractivity contribution in [2.45, 2.75) is 38.8 Å². The Hall–Kier alpha value is -2.64. The summed E-state index contributed by atoms with van der Waals surface area (Å²) in [4.78, 5) is 26.6. The van der Waals surface area contributed by atoms with Crippen molar-refractivity contribution < 1.29 is 4.79 Å². The maximum Gasteiger partial charge on any atom is 0.240 e. The number of fused-ring (bicyclic) bond motifs is 1. The van der Waals surface area contributed by atoms with Crippen molar-refractivity contribution in [1.82, 2.24) is 20.3 Å². The number of nitrogens with zero attached hydrogens (tertiary/aromatic N) is 3. The lowest BCUT2D eigenvalue weighted by atomic mass is 9.87. The number of carbonyl (C=O) groups excluding carboxylic acids is 1. The van der Waals surface area contributed by atoms with Gasteiger partial charge in [0.1, 0.15) is 17.8 Å². The summed E-state index contributed by atoms with van der Waals surface area (Å²) in [6.45, 7) is 5.78. The molecule has 29 heavy (non-hydrogen) atoms. The first-order valence-corrected chi connectivity index (χ1v) is 10.3. The number of nitrogens with one attached hydrogen (secondary N) is 2. The number of nitrogens with two attached hydrogens (primary N) is 1. The highest BCUT2D eigenvalue weighted by molar-refractivity contribution is 6.30. The van der Waals surface area contributed by atoms with Crippen molar-refractivity contribution in [3.63, 3.8) is 0 Å². The molecule has 1 aliphatic heterocycles. The van der Waals surface area contributed by atoms with Gasteiger partial charge in [-0.25, -0.2) is 9.97 Å². The standard InChI is InChI=1S/C19H21ClN6O.C2H6/c20-14-3-1-13(2-4-14)11-23-18(27)19(21)6-9-26(10-7-19)17-15-5-8-22-16(15)24-12-25-17;1-2/h1-5,8,12H,6-7,9-11,21H2,(H,23,27)(H,22,24,25);1-2H3. The number of rotatable bonds is 4. The van der Waals surface area contributed by atoms with Crippen molar-refractivity contribution in [3.8, 4) is 0 Å². The predicted molar refractivity (Wildman–Crippen MR) is 117 cm³/mol. The first-order chi connectivity index (χ1) is 14.0. The van der Waals surface area contributed by atoms with Gasteiger partial charge in [-0.15, -0.1) is 0 Å². The van der Waals surface area contributed by atoms with E-state index in [9.17, 15) is 4.79 Å². The van der Waals surface area contributed by atoms with Gasteiger partial charge >= 0.3 is 0 Å². The molecule has 1 aromatic carbocycles. The predicted octanol–water partition coefficient (Wildman–Crippen LogP) is 3.25. The third kappa shape index (κ3) is 4.68. The number of hydrogen-bond acceptors (Lipinski definition) is 5. The van der Waals surface area contributed by atoms with E-state index in [4.69, 9.17) is 17.3 Å². The van der Waals surface area contributed by atoms with E-state index in [-0.39, 0.29) is 5.91 Å².